The molecular formula is C72H133O24P. The van der Waals surface area contributed by atoms with Crippen molar-refractivity contribution in [3.05, 3.63) is 12.2 Å². The van der Waals surface area contributed by atoms with Crippen LogP contribution in [-0.4, -0.2) is 204 Å². The third-order valence-electron chi connectivity index (χ3n) is 18.8. The molecule has 2 heterocycles. The Morgan fingerprint density at radius 1 is 0.392 bits per heavy atom. The molecule has 2 saturated heterocycles. The molecule has 3 aliphatic rings. The summed E-state index contributed by atoms with van der Waals surface area (Å²) in [4.78, 5) is 51.0. The van der Waals surface area contributed by atoms with Crippen LogP contribution in [0.1, 0.15) is 297 Å². The minimum atomic E-state index is -5.69. The molecule has 0 spiro atoms. The first-order valence-corrected chi connectivity index (χ1v) is 39.5. The first kappa shape index (κ1) is 88.9. The molecule has 18 atom stereocenters. The van der Waals surface area contributed by atoms with Crippen molar-refractivity contribution in [2.45, 2.75) is 401 Å². The minimum Gasteiger partial charge on any atom is -0.463 e. The SMILES string of the molecule is CCCCCC/C=C\CCCCCCCCCC(=O)OCC1OC(OC2C(O)C(O)C(O)C(OC3OC(CO)C(O)C(O)C3O)C2OP(=O)(O)OCC(COC(=O)CCCCCCCCCCCCCCCCC)OC(=O)CCCCCCCCCCCCCC)C(O)C(O)C1O. The highest BCUT2D eigenvalue weighted by Gasteiger charge is 2.58. The Balaban J connectivity index is 1.72. The Morgan fingerprint density at radius 2 is 0.722 bits per heavy atom. The third-order valence-corrected chi connectivity index (χ3v) is 19.8. The number of phosphoric acid groups is 1. The average Bonchev–Trinajstić information content (AvgIpc) is 0.763. The van der Waals surface area contributed by atoms with E-state index < -0.39 is 156 Å². The highest BCUT2D eigenvalue weighted by molar-refractivity contribution is 7.47. The molecule has 0 bridgehead atoms. The van der Waals surface area contributed by atoms with Crippen LogP contribution in [-0.2, 0) is 61.2 Å². The Labute approximate surface area is 580 Å². The Bertz CT molecular complexity index is 2060. The number of aliphatic hydroxyl groups excluding tert-OH is 10. The van der Waals surface area contributed by atoms with E-state index in [2.05, 4.69) is 32.9 Å². The van der Waals surface area contributed by atoms with Crippen molar-refractivity contribution in [3.8, 4) is 0 Å². The van der Waals surface area contributed by atoms with Crippen molar-refractivity contribution in [2.75, 3.05) is 26.4 Å². The van der Waals surface area contributed by atoms with Crippen LogP contribution in [0, 0.1) is 0 Å². The van der Waals surface area contributed by atoms with Crippen LogP contribution in [0.2, 0.25) is 0 Å². The van der Waals surface area contributed by atoms with Gasteiger partial charge in [-0.2, -0.15) is 0 Å². The molecule has 97 heavy (non-hydrogen) atoms. The summed E-state index contributed by atoms with van der Waals surface area (Å²) >= 11 is 0. The number of esters is 3. The first-order chi connectivity index (χ1) is 46.8. The standard InChI is InChI=1S/C72H133O24P/c1-4-7-10-13-16-19-22-25-27-29-32-34-37-40-43-46-56(74)88-50-53(91-58(76)48-45-42-39-36-31-24-21-18-15-12-9-6-3)51-90-97(86,87)96-70-68(94-71-66(84)61(79)59(77)54(49-73)92-71)64(82)63(81)65(83)69(70)95-72-67(85)62(80)60(78)55(93-72)52-89-57(75)47-44-41-38-35-33-30-28-26-23-20-17-14-11-8-5-2/h20,23,53-55,59-73,77-85H,4-19,21-22,24-52H2,1-3H3,(H,86,87)/b23-20-. The Kier molecular flexibility index (Phi) is 49.8. The number of unbranched alkanes of at least 4 members (excludes halogenated alkanes) is 36. The summed E-state index contributed by atoms with van der Waals surface area (Å²) in [5.74, 6) is -1.98. The minimum absolute atomic E-state index is 0.0248. The van der Waals surface area contributed by atoms with Crippen LogP contribution >= 0.6 is 7.82 Å². The second kappa shape index (κ2) is 54.4. The molecule has 0 aromatic carbocycles. The van der Waals surface area contributed by atoms with Gasteiger partial charge in [0.05, 0.1) is 13.2 Å². The third kappa shape index (κ3) is 37.6. The molecule has 25 heteroatoms. The lowest BCUT2D eigenvalue weighted by Crippen LogP contribution is -2.69. The van der Waals surface area contributed by atoms with Crippen molar-refractivity contribution in [2.24, 2.45) is 0 Å². The second-order valence-corrected chi connectivity index (χ2v) is 28.8. The zero-order valence-electron chi connectivity index (χ0n) is 59.4. The zero-order valence-corrected chi connectivity index (χ0v) is 60.3. The molecule has 570 valence electrons. The number of aliphatic hydroxyl groups is 10. The number of phosphoric ester groups is 1. The van der Waals surface area contributed by atoms with E-state index in [1.165, 1.54) is 128 Å². The summed E-state index contributed by atoms with van der Waals surface area (Å²) in [6, 6.07) is 0. The summed E-state index contributed by atoms with van der Waals surface area (Å²) < 4.78 is 65.0. The lowest BCUT2D eigenvalue weighted by Gasteiger charge is -2.49. The van der Waals surface area contributed by atoms with Gasteiger partial charge < -0.3 is 89.1 Å². The van der Waals surface area contributed by atoms with Gasteiger partial charge in [-0.05, 0) is 44.9 Å². The van der Waals surface area contributed by atoms with Gasteiger partial charge >= 0.3 is 25.7 Å². The fraction of sp³-hybridized carbons (Fsp3) is 0.931. The number of hydrogen-bond donors (Lipinski definition) is 11. The van der Waals surface area contributed by atoms with E-state index in [1.807, 2.05) is 0 Å². The van der Waals surface area contributed by atoms with E-state index in [1.54, 1.807) is 0 Å². The predicted molar refractivity (Wildman–Crippen MR) is 365 cm³/mol. The molecule has 0 aromatic heterocycles. The molecule has 1 aliphatic carbocycles. The highest BCUT2D eigenvalue weighted by Crippen LogP contribution is 2.49. The van der Waals surface area contributed by atoms with Crippen molar-refractivity contribution >= 4 is 25.7 Å². The summed E-state index contributed by atoms with van der Waals surface area (Å²) in [5.41, 5.74) is 0. The summed E-state index contributed by atoms with van der Waals surface area (Å²) in [5, 5.41) is 110. The quantitative estimate of drug-likeness (QED) is 0.00886. The first-order valence-electron chi connectivity index (χ1n) is 38.0. The number of carbonyl (C=O) groups is 3. The number of rotatable bonds is 59. The maximum atomic E-state index is 14.3. The van der Waals surface area contributed by atoms with Gasteiger partial charge in [0.25, 0.3) is 0 Å². The molecule has 18 unspecified atom stereocenters. The van der Waals surface area contributed by atoms with Gasteiger partial charge in [-0.25, -0.2) is 4.57 Å². The smallest absolute Gasteiger partial charge is 0.463 e. The molecule has 3 rings (SSSR count). The molecule has 11 N–H and O–H groups in total. The monoisotopic (exact) mass is 1410 g/mol. The van der Waals surface area contributed by atoms with Gasteiger partial charge in [0.2, 0.25) is 0 Å². The fourth-order valence-corrected chi connectivity index (χ4v) is 13.5. The number of carbonyl (C=O) groups excluding carboxylic acids is 3. The molecule has 3 fully saturated rings. The lowest BCUT2D eigenvalue weighted by atomic mass is 9.84. The van der Waals surface area contributed by atoms with Crippen LogP contribution in [0.5, 0.6) is 0 Å². The van der Waals surface area contributed by atoms with Crippen LogP contribution in [0.25, 0.3) is 0 Å². The van der Waals surface area contributed by atoms with E-state index in [-0.39, 0.29) is 19.3 Å². The summed E-state index contributed by atoms with van der Waals surface area (Å²) in [6.45, 7) is 3.44. The van der Waals surface area contributed by atoms with Gasteiger partial charge in [-0.15, -0.1) is 0 Å². The fourth-order valence-electron chi connectivity index (χ4n) is 12.6. The van der Waals surface area contributed by atoms with E-state index in [9.17, 15) is 74.9 Å². The zero-order chi connectivity index (χ0) is 71.1. The van der Waals surface area contributed by atoms with Crippen molar-refractivity contribution in [1.29, 1.82) is 0 Å². The van der Waals surface area contributed by atoms with Gasteiger partial charge in [-0.1, -0.05) is 245 Å². The van der Waals surface area contributed by atoms with Gasteiger partial charge in [-0.3, -0.25) is 23.4 Å². The van der Waals surface area contributed by atoms with Crippen molar-refractivity contribution in [1.82, 2.24) is 0 Å². The van der Waals surface area contributed by atoms with E-state index in [0.717, 1.165) is 109 Å². The average molecular weight is 1410 g/mol. The number of hydrogen-bond acceptors (Lipinski definition) is 23. The highest BCUT2D eigenvalue weighted by atomic mass is 31.2. The molecule has 24 nitrogen and oxygen atoms in total. The van der Waals surface area contributed by atoms with E-state index in [4.69, 9.17) is 42.2 Å². The van der Waals surface area contributed by atoms with E-state index in [0.29, 0.717) is 19.3 Å². The Morgan fingerprint density at radius 3 is 1.12 bits per heavy atom. The normalized spacial score (nSPS) is 27.8. The predicted octanol–water partition coefficient (Wildman–Crippen LogP) is 10.4. The topological polar surface area (TPSA) is 374 Å². The molecule has 0 radical (unpaired) electrons. The van der Waals surface area contributed by atoms with Crippen LogP contribution < -0.4 is 0 Å². The molecule has 0 aromatic rings. The second-order valence-electron chi connectivity index (χ2n) is 27.4. The molecular weight excluding hydrogens is 1280 g/mol. The van der Waals surface area contributed by atoms with Crippen LogP contribution in [0.3, 0.4) is 0 Å². The van der Waals surface area contributed by atoms with Crippen LogP contribution in [0.15, 0.2) is 12.2 Å². The molecule has 1 saturated carbocycles. The summed E-state index contributed by atoms with van der Waals surface area (Å²) in [7, 11) is -5.69. The summed E-state index contributed by atoms with van der Waals surface area (Å²) in [6.07, 6.45) is 12.8. The molecule has 2 aliphatic heterocycles. The number of ether oxygens (including phenoxy) is 7. The van der Waals surface area contributed by atoms with Crippen molar-refractivity contribution in [3.63, 3.8) is 0 Å². The maximum absolute atomic E-state index is 14.3. The van der Waals surface area contributed by atoms with Gasteiger partial charge in [0.1, 0.15) is 98.7 Å². The largest absolute Gasteiger partial charge is 0.472 e. The maximum Gasteiger partial charge on any atom is 0.472 e. The van der Waals surface area contributed by atoms with Gasteiger partial charge in [0, 0.05) is 19.3 Å². The number of allylic oxidation sites excluding steroid dienone is 2. The molecule has 0 amide bonds. The van der Waals surface area contributed by atoms with Crippen molar-refractivity contribution < 1.29 is 117 Å². The Hall–Kier alpha value is -2.30. The van der Waals surface area contributed by atoms with Crippen LogP contribution in [0.4, 0.5) is 0 Å². The van der Waals surface area contributed by atoms with E-state index >= 15 is 0 Å². The lowest BCUT2D eigenvalue weighted by molar-refractivity contribution is -0.360. The van der Waals surface area contributed by atoms with Gasteiger partial charge in [0.15, 0.2) is 18.7 Å².